The second-order valence-electron chi connectivity index (χ2n) is 4.90. The molecule has 0 spiro atoms. The molecular weight excluding hydrogens is 314 g/mol. The van der Waals surface area contributed by atoms with Crippen molar-refractivity contribution in [3.63, 3.8) is 0 Å². The first kappa shape index (κ1) is 19.4. The zero-order chi connectivity index (χ0) is 18.1. The summed E-state index contributed by atoms with van der Waals surface area (Å²) in [5.41, 5.74) is 0. The van der Waals surface area contributed by atoms with Crippen molar-refractivity contribution in [3.05, 3.63) is 36.4 Å². The minimum absolute atomic E-state index is 0.142. The summed E-state index contributed by atoms with van der Waals surface area (Å²) in [6.07, 6.45) is 6.33. The number of hydrogen-bond acceptors (Lipinski definition) is 5. The van der Waals surface area contributed by atoms with Crippen molar-refractivity contribution in [1.82, 2.24) is 24.0 Å². The number of carboxylic acids is 2. The van der Waals surface area contributed by atoms with Crippen LogP contribution in [0.25, 0.3) is 0 Å². The fourth-order valence-electron chi connectivity index (χ4n) is 2.10. The molecular formula is C15H23N5O4. The van der Waals surface area contributed by atoms with Gasteiger partial charge in [0, 0.05) is 24.8 Å². The first-order valence-corrected chi connectivity index (χ1v) is 7.58. The monoisotopic (exact) mass is 337 g/mol. The molecule has 0 atom stereocenters. The van der Waals surface area contributed by atoms with Crippen LogP contribution in [-0.2, 0) is 35.8 Å². The second kappa shape index (κ2) is 9.46. The van der Waals surface area contributed by atoms with Gasteiger partial charge in [-0.2, -0.15) is 0 Å². The number of carboxylic acid groups (broad SMARTS) is 2. The van der Waals surface area contributed by atoms with Crippen molar-refractivity contribution >= 4 is 11.9 Å². The standard InChI is InChI=1S/C13H17N5O4.C2H6/c1-16(6-10-14-2-4-17(10)8-12(19)20)7-11-15-3-5-18(11)9-13(21)22;1-2/h2-5H,6-9H2,1H3,(H,19,20)(H,21,22);1-2H3. The lowest BCUT2D eigenvalue weighted by atomic mass is 10.4. The maximum absolute atomic E-state index is 10.8. The van der Waals surface area contributed by atoms with E-state index < -0.39 is 11.9 Å². The molecule has 2 aromatic rings. The largest absolute Gasteiger partial charge is 0.480 e. The Labute approximate surface area is 140 Å². The molecule has 2 aromatic heterocycles. The van der Waals surface area contributed by atoms with Crippen LogP contribution in [0.4, 0.5) is 0 Å². The summed E-state index contributed by atoms with van der Waals surface area (Å²) in [4.78, 5) is 31.7. The number of hydrogen-bond donors (Lipinski definition) is 2. The van der Waals surface area contributed by atoms with Gasteiger partial charge in [0.15, 0.2) is 0 Å². The van der Waals surface area contributed by atoms with Crippen LogP contribution in [0.15, 0.2) is 24.8 Å². The van der Waals surface area contributed by atoms with E-state index in [0.29, 0.717) is 24.7 Å². The van der Waals surface area contributed by atoms with E-state index >= 15 is 0 Å². The van der Waals surface area contributed by atoms with Gasteiger partial charge in [0.1, 0.15) is 24.7 Å². The highest BCUT2D eigenvalue weighted by Crippen LogP contribution is 2.07. The molecule has 0 unspecified atom stereocenters. The van der Waals surface area contributed by atoms with Crippen LogP contribution in [0.1, 0.15) is 25.5 Å². The summed E-state index contributed by atoms with van der Waals surface area (Å²) in [5, 5.41) is 17.7. The van der Waals surface area contributed by atoms with Gasteiger partial charge in [-0.3, -0.25) is 14.5 Å². The molecule has 9 heteroatoms. The Balaban J connectivity index is 0.00000139. The molecule has 0 aliphatic carbocycles. The van der Waals surface area contributed by atoms with Gasteiger partial charge in [-0.15, -0.1) is 0 Å². The molecule has 0 saturated carbocycles. The van der Waals surface area contributed by atoms with Crippen molar-refractivity contribution in [2.75, 3.05) is 7.05 Å². The Kier molecular flexibility index (Phi) is 7.63. The summed E-state index contributed by atoms with van der Waals surface area (Å²) in [6.45, 7) is 4.58. The van der Waals surface area contributed by atoms with E-state index in [2.05, 4.69) is 9.97 Å². The highest BCUT2D eigenvalue weighted by atomic mass is 16.4. The smallest absolute Gasteiger partial charge is 0.323 e. The van der Waals surface area contributed by atoms with Gasteiger partial charge in [0.05, 0.1) is 13.1 Å². The van der Waals surface area contributed by atoms with Crippen LogP contribution in [0.3, 0.4) is 0 Å². The molecule has 0 amide bonds. The summed E-state index contributed by atoms with van der Waals surface area (Å²) < 4.78 is 3.12. The second-order valence-corrected chi connectivity index (χ2v) is 4.90. The zero-order valence-corrected chi connectivity index (χ0v) is 14.1. The fraction of sp³-hybridized carbons (Fsp3) is 0.467. The molecule has 0 radical (unpaired) electrons. The van der Waals surface area contributed by atoms with Gasteiger partial charge in [0.2, 0.25) is 0 Å². The van der Waals surface area contributed by atoms with E-state index in [4.69, 9.17) is 10.2 Å². The summed E-state index contributed by atoms with van der Waals surface area (Å²) >= 11 is 0. The molecule has 2 rings (SSSR count). The molecule has 0 aliphatic rings. The molecule has 0 aliphatic heterocycles. The molecule has 0 bridgehead atoms. The lowest BCUT2D eigenvalue weighted by molar-refractivity contribution is -0.138. The number of aromatic nitrogens is 4. The van der Waals surface area contributed by atoms with E-state index in [9.17, 15) is 9.59 Å². The van der Waals surface area contributed by atoms with Crippen LogP contribution in [-0.4, -0.2) is 53.2 Å². The highest BCUT2D eigenvalue weighted by molar-refractivity contribution is 5.66. The van der Waals surface area contributed by atoms with Gasteiger partial charge < -0.3 is 19.3 Å². The van der Waals surface area contributed by atoms with Crippen molar-refractivity contribution < 1.29 is 19.8 Å². The molecule has 0 saturated heterocycles. The molecule has 0 aromatic carbocycles. The van der Waals surface area contributed by atoms with Gasteiger partial charge >= 0.3 is 11.9 Å². The average Bonchev–Trinajstić information content (AvgIpc) is 3.11. The van der Waals surface area contributed by atoms with Crippen molar-refractivity contribution in [2.45, 2.75) is 40.0 Å². The average molecular weight is 337 g/mol. The predicted octanol–water partition coefficient (Wildman–Crippen LogP) is 0.907. The third-order valence-electron chi connectivity index (χ3n) is 3.04. The first-order valence-electron chi connectivity index (χ1n) is 7.58. The number of rotatable bonds is 8. The third kappa shape index (κ3) is 5.84. The van der Waals surface area contributed by atoms with Gasteiger partial charge in [-0.1, -0.05) is 13.8 Å². The molecule has 2 heterocycles. The van der Waals surface area contributed by atoms with Crippen LogP contribution >= 0.6 is 0 Å². The molecule has 24 heavy (non-hydrogen) atoms. The Morgan fingerprint density at radius 2 is 1.33 bits per heavy atom. The third-order valence-corrected chi connectivity index (χ3v) is 3.04. The maximum atomic E-state index is 10.8. The Morgan fingerprint density at radius 3 is 1.67 bits per heavy atom. The SMILES string of the molecule is CC.CN(Cc1nccn1CC(=O)O)Cc1nccn1CC(=O)O. The minimum atomic E-state index is -0.932. The lowest BCUT2D eigenvalue weighted by Gasteiger charge is -2.17. The summed E-state index contributed by atoms with van der Waals surface area (Å²) in [5.74, 6) is -0.611. The maximum Gasteiger partial charge on any atom is 0.323 e. The van der Waals surface area contributed by atoms with E-state index in [1.165, 1.54) is 0 Å². The Morgan fingerprint density at radius 1 is 0.958 bits per heavy atom. The number of nitrogens with zero attached hydrogens (tertiary/aromatic N) is 5. The number of aliphatic carboxylic acids is 2. The first-order chi connectivity index (χ1) is 11.5. The summed E-state index contributed by atoms with van der Waals surface area (Å²) in [7, 11) is 1.83. The molecule has 132 valence electrons. The molecule has 0 fully saturated rings. The molecule has 2 N–H and O–H groups in total. The molecule has 9 nitrogen and oxygen atoms in total. The van der Waals surface area contributed by atoms with Crippen molar-refractivity contribution in [2.24, 2.45) is 0 Å². The van der Waals surface area contributed by atoms with Crippen LogP contribution < -0.4 is 0 Å². The van der Waals surface area contributed by atoms with Crippen LogP contribution in [0.2, 0.25) is 0 Å². The van der Waals surface area contributed by atoms with E-state index in [1.807, 2.05) is 25.8 Å². The van der Waals surface area contributed by atoms with E-state index in [1.54, 1.807) is 33.9 Å². The Hall–Kier alpha value is -2.68. The van der Waals surface area contributed by atoms with Gasteiger partial charge in [0.25, 0.3) is 0 Å². The van der Waals surface area contributed by atoms with Gasteiger partial charge in [-0.05, 0) is 7.05 Å². The zero-order valence-electron chi connectivity index (χ0n) is 14.1. The predicted molar refractivity (Wildman–Crippen MR) is 86.2 cm³/mol. The van der Waals surface area contributed by atoms with Gasteiger partial charge in [-0.25, -0.2) is 9.97 Å². The number of carbonyl (C=O) groups is 2. The minimum Gasteiger partial charge on any atom is -0.480 e. The lowest BCUT2D eigenvalue weighted by Crippen LogP contribution is -2.24. The van der Waals surface area contributed by atoms with Crippen LogP contribution in [0, 0.1) is 0 Å². The normalized spacial score (nSPS) is 10.3. The van der Waals surface area contributed by atoms with Crippen molar-refractivity contribution in [3.8, 4) is 0 Å². The van der Waals surface area contributed by atoms with E-state index in [-0.39, 0.29) is 13.1 Å². The highest BCUT2D eigenvalue weighted by Gasteiger charge is 2.12. The number of imidazole rings is 2. The van der Waals surface area contributed by atoms with Crippen molar-refractivity contribution in [1.29, 1.82) is 0 Å². The van der Waals surface area contributed by atoms with E-state index in [0.717, 1.165) is 0 Å². The Bertz CT molecular complexity index is 608. The quantitative estimate of drug-likeness (QED) is 0.736. The topological polar surface area (TPSA) is 113 Å². The fourth-order valence-corrected chi connectivity index (χ4v) is 2.10. The summed E-state index contributed by atoms with van der Waals surface area (Å²) in [6, 6.07) is 0. The van der Waals surface area contributed by atoms with Crippen LogP contribution in [0.5, 0.6) is 0 Å².